The number of rotatable bonds is 4. The second-order valence-electron chi connectivity index (χ2n) is 5.93. The third-order valence-corrected chi connectivity index (χ3v) is 4.17. The number of benzene rings is 3. The summed E-state index contributed by atoms with van der Waals surface area (Å²) in [6.07, 6.45) is 1.72. The van der Waals surface area contributed by atoms with Crippen molar-refractivity contribution in [3.63, 3.8) is 0 Å². The number of hydrogen-bond donors (Lipinski definition) is 1. The highest BCUT2D eigenvalue weighted by Gasteiger charge is 2.14. The number of ether oxygens (including phenoxy) is 1. The fraction of sp³-hybridized carbons (Fsp3) is 0. The van der Waals surface area contributed by atoms with E-state index in [4.69, 9.17) is 10.5 Å². The Kier molecular flexibility index (Phi) is 4.41. The van der Waals surface area contributed by atoms with Crippen LogP contribution in [0.2, 0.25) is 0 Å². The van der Waals surface area contributed by atoms with Gasteiger partial charge in [0.05, 0.1) is 16.9 Å². The Balaban J connectivity index is 1.63. The molecule has 0 atom stereocenters. The lowest BCUT2D eigenvalue weighted by molar-refractivity contribution is 0.256. The molecule has 0 unspecified atom stereocenters. The molecule has 0 spiro atoms. The number of amides is 2. The summed E-state index contributed by atoms with van der Waals surface area (Å²) >= 11 is 0. The van der Waals surface area contributed by atoms with Crippen molar-refractivity contribution in [2.45, 2.75) is 0 Å². The number of carbonyl (C=O) groups excluding carboxylic acids is 1. The van der Waals surface area contributed by atoms with E-state index in [0.29, 0.717) is 17.1 Å². The lowest BCUT2D eigenvalue weighted by atomic mass is 10.2. The topological polar surface area (TPSA) is 68.5 Å². The summed E-state index contributed by atoms with van der Waals surface area (Å²) in [4.78, 5) is 17.7. The van der Waals surface area contributed by atoms with Gasteiger partial charge in [-0.2, -0.15) is 0 Å². The van der Waals surface area contributed by atoms with Gasteiger partial charge in [0.25, 0.3) is 0 Å². The highest BCUT2D eigenvalue weighted by atomic mass is 16.5. The van der Waals surface area contributed by atoms with Crippen LogP contribution in [0.4, 0.5) is 16.2 Å². The minimum absolute atomic E-state index is 0.546. The van der Waals surface area contributed by atoms with E-state index in [-0.39, 0.29) is 0 Å². The van der Waals surface area contributed by atoms with Crippen LogP contribution in [0.25, 0.3) is 10.9 Å². The predicted molar refractivity (Wildman–Crippen MR) is 106 cm³/mol. The van der Waals surface area contributed by atoms with E-state index < -0.39 is 6.03 Å². The first-order valence-corrected chi connectivity index (χ1v) is 8.49. The van der Waals surface area contributed by atoms with Crippen LogP contribution in [0.5, 0.6) is 11.5 Å². The molecule has 1 heterocycles. The summed E-state index contributed by atoms with van der Waals surface area (Å²) in [5.74, 6) is 1.38. The predicted octanol–water partition coefficient (Wildman–Crippen LogP) is 5.24. The monoisotopic (exact) mass is 355 g/mol. The van der Waals surface area contributed by atoms with Gasteiger partial charge in [0.15, 0.2) is 0 Å². The van der Waals surface area contributed by atoms with Gasteiger partial charge >= 0.3 is 6.03 Å². The first-order valence-electron chi connectivity index (χ1n) is 8.49. The van der Waals surface area contributed by atoms with E-state index >= 15 is 0 Å². The number of primary amides is 1. The van der Waals surface area contributed by atoms with Gasteiger partial charge in [0, 0.05) is 11.6 Å². The van der Waals surface area contributed by atoms with Crippen LogP contribution in [0.1, 0.15) is 0 Å². The van der Waals surface area contributed by atoms with Gasteiger partial charge in [0.2, 0.25) is 0 Å². The first-order chi connectivity index (χ1) is 13.2. The molecule has 27 heavy (non-hydrogen) atoms. The molecule has 4 rings (SSSR count). The average molecular weight is 355 g/mol. The SMILES string of the molecule is NC(=O)N(c1ccccc1)c1ccc(Oc2ccnc3ccccc23)cc1. The highest BCUT2D eigenvalue weighted by molar-refractivity contribution is 5.98. The normalized spacial score (nSPS) is 10.5. The van der Waals surface area contributed by atoms with Crippen LogP contribution in [-0.4, -0.2) is 11.0 Å². The third kappa shape index (κ3) is 3.43. The summed E-state index contributed by atoms with van der Waals surface area (Å²) < 4.78 is 6.02. The van der Waals surface area contributed by atoms with E-state index in [2.05, 4.69) is 4.98 Å². The number of fused-ring (bicyclic) bond motifs is 1. The molecule has 5 nitrogen and oxygen atoms in total. The molecule has 1 aromatic heterocycles. The quantitative estimate of drug-likeness (QED) is 0.544. The fourth-order valence-electron chi connectivity index (χ4n) is 2.93. The van der Waals surface area contributed by atoms with Crippen molar-refractivity contribution in [3.8, 4) is 11.5 Å². The van der Waals surface area contributed by atoms with Crippen molar-refractivity contribution in [1.29, 1.82) is 0 Å². The number of para-hydroxylation sites is 2. The smallest absolute Gasteiger partial charge is 0.323 e. The number of urea groups is 1. The zero-order valence-corrected chi connectivity index (χ0v) is 14.4. The first kappa shape index (κ1) is 16.6. The Morgan fingerprint density at radius 3 is 2.22 bits per heavy atom. The molecule has 0 radical (unpaired) electrons. The van der Waals surface area contributed by atoms with Crippen LogP contribution in [0.3, 0.4) is 0 Å². The second-order valence-corrected chi connectivity index (χ2v) is 5.93. The number of nitrogens with two attached hydrogens (primary N) is 1. The number of aromatic nitrogens is 1. The molecule has 0 aliphatic heterocycles. The molecule has 3 aromatic carbocycles. The lowest BCUT2D eigenvalue weighted by Gasteiger charge is -2.21. The number of hydrogen-bond acceptors (Lipinski definition) is 3. The molecule has 0 fully saturated rings. The van der Waals surface area contributed by atoms with Gasteiger partial charge in [-0.15, -0.1) is 0 Å². The van der Waals surface area contributed by atoms with Crippen LogP contribution in [0, 0.1) is 0 Å². The van der Waals surface area contributed by atoms with E-state index in [1.54, 1.807) is 18.3 Å². The Bertz CT molecular complexity index is 1070. The Morgan fingerprint density at radius 2 is 1.48 bits per heavy atom. The van der Waals surface area contributed by atoms with Crippen molar-refractivity contribution in [3.05, 3.63) is 91.1 Å². The zero-order chi connectivity index (χ0) is 18.6. The van der Waals surface area contributed by atoms with Gasteiger partial charge in [-0.1, -0.05) is 30.3 Å². The number of carbonyl (C=O) groups is 1. The molecular formula is C22H17N3O2. The highest BCUT2D eigenvalue weighted by Crippen LogP contribution is 2.31. The third-order valence-electron chi connectivity index (χ3n) is 4.17. The molecule has 0 saturated heterocycles. The number of anilines is 2. The van der Waals surface area contributed by atoms with Gasteiger partial charge < -0.3 is 10.5 Å². The Hall–Kier alpha value is -3.86. The van der Waals surface area contributed by atoms with E-state index in [1.807, 2.05) is 72.8 Å². The minimum atomic E-state index is -0.546. The summed E-state index contributed by atoms with van der Waals surface area (Å²) in [5, 5.41) is 0.937. The lowest BCUT2D eigenvalue weighted by Crippen LogP contribution is -2.31. The molecule has 0 aliphatic rings. The Labute approximate surface area is 156 Å². The summed E-state index contributed by atoms with van der Waals surface area (Å²) in [5.41, 5.74) is 7.82. The van der Waals surface area contributed by atoms with E-state index in [1.165, 1.54) is 4.90 Å². The zero-order valence-electron chi connectivity index (χ0n) is 14.4. The average Bonchev–Trinajstić information content (AvgIpc) is 2.70. The Morgan fingerprint density at radius 1 is 0.815 bits per heavy atom. The summed E-state index contributed by atoms with van der Waals surface area (Å²) in [6, 6.07) is 25.6. The summed E-state index contributed by atoms with van der Waals surface area (Å²) in [7, 11) is 0. The van der Waals surface area contributed by atoms with Crippen molar-refractivity contribution >= 4 is 28.3 Å². The fourth-order valence-corrected chi connectivity index (χ4v) is 2.93. The molecular weight excluding hydrogens is 338 g/mol. The molecule has 2 amide bonds. The van der Waals surface area contributed by atoms with Crippen LogP contribution >= 0.6 is 0 Å². The van der Waals surface area contributed by atoms with Gasteiger partial charge in [0.1, 0.15) is 11.5 Å². The van der Waals surface area contributed by atoms with Crippen molar-refractivity contribution in [1.82, 2.24) is 4.98 Å². The number of nitrogens with zero attached hydrogens (tertiary/aromatic N) is 2. The molecule has 5 heteroatoms. The minimum Gasteiger partial charge on any atom is -0.457 e. The van der Waals surface area contributed by atoms with Crippen molar-refractivity contribution < 1.29 is 9.53 Å². The summed E-state index contributed by atoms with van der Waals surface area (Å²) in [6.45, 7) is 0. The molecule has 4 aromatic rings. The van der Waals surface area contributed by atoms with Crippen LogP contribution in [-0.2, 0) is 0 Å². The molecule has 0 aliphatic carbocycles. The maximum Gasteiger partial charge on any atom is 0.323 e. The molecule has 2 N–H and O–H groups in total. The van der Waals surface area contributed by atoms with Gasteiger partial charge in [-0.05, 0) is 54.6 Å². The van der Waals surface area contributed by atoms with Crippen LogP contribution < -0.4 is 15.4 Å². The molecule has 0 bridgehead atoms. The standard InChI is InChI=1S/C22H17N3O2/c23-22(26)25(16-6-2-1-3-7-16)17-10-12-18(13-11-17)27-21-14-15-24-20-9-5-4-8-19(20)21/h1-15H,(H2,23,26). The van der Waals surface area contributed by atoms with E-state index in [9.17, 15) is 4.79 Å². The van der Waals surface area contributed by atoms with Crippen LogP contribution in [0.15, 0.2) is 91.1 Å². The number of pyridine rings is 1. The maximum atomic E-state index is 11.9. The molecule has 0 saturated carbocycles. The second kappa shape index (κ2) is 7.17. The van der Waals surface area contributed by atoms with Gasteiger partial charge in [-0.3, -0.25) is 9.88 Å². The van der Waals surface area contributed by atoms with Crippen molar-refractivity contribution in [2.75, 3.05) is 4.90 Å². The maximum absolute atomic E-state index is 11.9. The van der Waals surface area contributed by atoms with E-state index in [0.717, 1.165) is 16.7 Å². The van der Waals surface area contributed by atoms with Gasteiger partial charge in [-0.25, -0.2) is 4.79 Å². The van der Waals surface area contributed by atoms with Crippen molar-refractivity contribution in [2.24, 2.45) is 5.73 Å². The molecule has 132 valence electrons. The largest absolute Gasteiger partial charge is 0.457 e.